The number of para-hydroxylation sites is 1. The first-order valence-electron chi connectivity index (χ1n) is 9.16. The van der Waals surface area contributed by atoms with E-state index in [0.717, 1.165) is 35.4 Å². The lowest BCUT2D eigenvalue weighted by Crippen LogP contribution is -2.38. The van der Waals surface area contributed by atoms with Crippen LogP contribution in [0.5, 0.6) is 0 Å². The monoisotopic (exact) mass is 394 g/mol. The van der Waals surface area contributed by atoms with E-state index in [2.05, 4.69) is 20.1 Å². The fourth-order valence-electron chi connectivity index (χ4n) is 3.33. The number of thiazole rings is 1. The van der Waals surface area contributed by atoms with Crippen molar-refractivity contribution in [2.45, 2.75) is 25.9 Å². The van der Waals surface area contributed by atoms with E-state index >= 15 is 0 Å². The third-order valence-corrected chi connectivity index (χ3v) is 5.85. The van der Waals surface area contributed by atoms with Crippen molar-refractivity contribution >= 4 is 38.4 Å². The predicted octanol–water partition coefficient (Wildman–Crippen LogP) is 2.87. The van der Waals surface area contributed by atoms with Crippen molar-refractivity contribution in [2.75, 3.05) is 18.1 Å². The number of aromatic nitrogens is 5. The Balaban J connectivity index is 1.55. The summed E-state index contributed by atoms with van der Waals surface area (Å²) in [5.41, 5.74) is 1.73. The molecule has 5 rings (SSSR count). The Morgan fingerprint density at radius 3 is 3.00 bits per heavy atom. The van der Waals surface area contributed by atoms with Crippen molar-refractivity contribution in [3.05, 3.63) is 48.0 Å². The number of aryl methyl sites for hydroxylation is 1. The summed E-state index contributed by atoms with van der Waals surface area (Å²) in [7, 11) is 0. The first kappa shape index (κ1) is 17.2. The summed E-state index contributed by atoms with van der Waals surface area (Å²) >= 11 is 1.48. The summed E-state index contributed by atoms with van der Waals surface area (Å²) in [6, 6.07) is 9.68. The van der Waals surface area contributed by atoms with Gasteiger partial charge in [-0.1, -0.05) is 23.5 Å². The van der Waals surface area contributed by atoms with E-state index in [1.165, 1.54) is 11.3 Å². The van der Waals surface area contributed by atoms with Gasteiger partial charge in [-0.3, -0.25) is 9.69 Å². The van der Waals surface area contributed by atoms with Gasteiger partial charge in [0.05, 0.1) is 22.9 Å². The SMILES string of the molecule is Cc1ccnc2nc(C(=O)N(C[C@H]3CCCO3)c3nc4ccccc4s3)nn12. The van der Waals surface area contributed by atoms with Gasteiger partial charge in [-0.25, -0.2) is 14.5 Å². The minimum absolute atomic E-state index is 0.00662. The topological polar surface area (TPSA) is 85.5 Å². The number of hydrogen-bond donors (Lipinski definition) is 0. The zero-order valence-electron chi connectivity index (χ0n) is 15.3. The number of amides is 1. The first-order valence-corrected chi connectivity index (χ1v) is 9.98. The quantitative estimate of drug-likeness (QED) is 0.529. The van der Waals surface area contributed by atoms with Crippen LogP contribution in [0, 0.1) is 6.92 Å². The molecule has 0 N–H and O–H groups in total. The molecule has 3 aromatic heterocycles. The second-order valence-corrected chi connectivity index (χ2v) is 7.76. The summed E-state index contributed by atoms with van der Waals surface area (Å²) in [5.74, 6) is 0.225. The van der Waals surface area contributed by atoms with Crippen molar-refractivity contribution < 1.29 is 9.53 Å². The van der Waals surface area contributed by atoms with Gasteiger partial charge < -0.3 is 4.74 Å². The van der Waals surface area contributed by atoms with Crippen LogP contribution in [-0.4, -0.2) is 49.7 Å². The molecule has 1 aliphatic heterocycles. The Hall–Kier alpha value is -2.91. The maximum Gasteiger partial charge on any atom is 0.299 e. The summed E-state index contributed by atoms with van der Waals surface area (Å²) in [4.78, 5) is 28.2. The number of hydrogen-bond acceptors (Lipinski definition) is 7. The number of nitrogens with zero attached hydrogens (tertiary/aromatic N) is 6. The van der Waals surface area contributed by atoms with Crippen LogP contribution in [0.4, 0.5) is 5.13 Å². The Kier molecular flexibility index (Phi) is 4.25. The standard InChI is InChI=1S/C19H18N6O2S/c1-12-8-9-20-18-22-16(23-25(12)18)17(26)24(11-13-5-4-10-27-13)19-21-14-6-2-3-7-15(14)28-19/h2-3,6-9,13H,4-5,10-11H2,1H3/t13-/m1/s1. The van der Waals surface area contributed by atoms with Crippen LogP contribution in [0.15, 0.2) is 36.5 Å². The number of rotatable bonds is 4. The lowest BCUT2D eigenvalue weighted by Gasteiger charge is -2.21. The van der Waals surface area contributed by atoms with Gasteiger partial charge in [0, 0.05) is 18.5 Å². The zero-order valence-corrected chi connectivity index (χ0v) is 16.1. The Labute approximate surface area is 164 Å². The molecule has 1 amide bonds. The minimum Gasteiger partial charge on any atom is -0.376 e. The van der Waals surface area contributed by atoms with Gasteiger partial charge in [-0.15, -0.1) is 5.10 Å². The number of fused-ring (bicyclic) bond motifs is 2. The van der Waals surface area contributed by atoms with Crippen molar-refractivity contribution in [3.63, 3.8) is 0 Å². The molecule has 0 radical (unpaired) electrons. The summed E-state index contributed by atoms with van der Waals surface area (Å²) < 4.78 is 8.38. The molecule has 0 unspecified atom stereocenters. The van der Waals surface area contributed by atoms with Gasteiger partial charge in [-0.2, -0.15) is 4.98 Å². The molecule has 1 atom stereocenters. The van der Waals surface area contributed by atoms with Crippen LogP contribution < -0.4 is 4.90 Å². The van der Waals surface area contributed by atoms with Crippen LogP contribution in [0.1, 0.15) is 29.2 Å². The lowest BCUT2D eigenvalue weighted by molar-refractivity contribution is 0.0909. The van der Waals surface area contributed by atoms with Crippen molar-refractivity contribution in [2.24, 2.45) is 0 Å². The average Bonchev–Trinajstić information content (AvgIpc) is 3.44. The molecular weight excluding hydrogens is 376 g/mol. The van der Waals surface area contributed by atoms with Gasteiger partial charge in [-0.05, 0) is 38.0 Å². The third-order valence-electron chi connectivity index (χ3n) is 4.79. The van der Waals surface area contributed by atoms with Crippen LogP contribution in [-0.2, 0) is 4.74 Å². The summed E-state index contributed by atoms with van der Waals surface area (Å²) in [6.07, 6.45) is 3.58. The van der Waals surface area contributed by atoms with Gasteiger partial charge in [0.1, 0.15) is 0 Å². The van der Waals surface area contributed by atoms with Gasteiger partial charge >= 0.3 is 0 Å². The molecule has 1 aromatic carbocycles. The predicted molar refractivity (Wildman–Crippen MR) is 106 cm³/mol. The molecule has 4 heterocycles. The van der Waals surface area contributed by atoms with Gasteiger partial charge in [0.2, 0.25) is 5.82 Å². The molecule has 0 bridgehead atoms. The maximum absolute atomic E-state index is 13.4. The molecule has 9 heteroatoms. The number of ether oxygens (including phenoxy) is 1. The molecule has 1 aliphatic rings. The summed E-state index contributed by atoms with van der Waals surface area (Å²) in [5, 5.41) is 5.00. The molecule has 0 saturated carbocycles. The normalized spacial score (nSPS) is 16.8. The van der Waals surface area contributed by atoms with Crippen molar-refractivity contribution in [1.82, 2.24) is 24.6 Å². The van der Waals surface area contributed by atoms with E-state index in [1.807, 2.05) is 37.3 Å². The highest BCUT2D eigenvalue weighted by Gasteiger charge is 2.29. The fraction of sp³-hybridized carbons (Fsp3) is 0.316. The molecule has 0 aliphatic carbocycles. The van der Waals surface area contributed by atoms with Gasteiger partial charge in [0.25, 0.3) is 11.7 Å². The Bertz CT molecular complexity index is 1130. The molecular formula is C19H18N6O2S. The smallest absolute Gasteiger partial charge is 0.299 e. The van der Waals surface area contributed by atoms with E-state index in [0.29, 0.717) is 17.5 Å². The molecule has 1 saturated heterocycles. The van der Waals surface area contributed by atoms with Crippen LogP contribution in [0.25, 0.3) is 16.0 Å². The highest BCUT2D eigenvalue weighted by molar-refractivity contribution is 7.22. The number of carbonyl (C=O) groups is 1. The molecule has 4 aromatic rings. The van der Waals surface area contributed by atoms with E-state index in [4.69, 9.17) is 4.74 Å². The zero-order chi connectivity index (χ0) is 19.1. The Morgan fingerprint density at radius 2 is 2.21 bits per heavy atom. The van der Waals surface area contributed by atoms with Crippen LogP contribution >= 0.6 is 11.3 Å². The second kappa shape index (κ2) is 6.92. The lowest BCUT2D eigenvalue weighted by atomic mass is 10.2. The highest BCUT2D eigenvalue weighted by Crippen LogP contribution is 2.30. The Morgan fingerprint density at radius 1 is 1.32 bits per heavy atom. The minimum atomic E-state index is -0.292. The molecule has 28 heavy (non-hydrogen) atoms. The number of carbonyl (C=O) groups excluding carboxylic acids is 1. The molecule has 0 spiro atoms. The summed E-state index contributed by atoms with van der Waals surface area (Å²) in [6.45, 7) is 3.05. The molecule has 8 nitrogen and oxygen atoms in total. The van der Waals surface area contributed by atoms with Crippen molar-refractivity contribution in [3.8, 4) is 0 Å². The van der Waals surface area contributed by atoms with Gasteiger partial charge in [0.15, 0.2) is 5.13 Å². The molecule has 1 fully saturated rings. The fourth-order valence-corrected chi connectivity index (χ4v) is 4.31. The third kappa shape index (κ3) is 3.02. The number of benzene rings is 1. The largest absolute Gasteiger partial charge is 0.376 e. The van der Waals surface area contributed by atoms with E-state index in [9.17, 15) is 4.79 Å². The maximum atomic E-state index is 13.4. The van der Waals surface area contributed by atoms with E-state index in [-0.39, 0.29) is 17.8 Å². The second-order valence-electron chi connectivity index (χ2n) is 6.75. The van der Waals surface area contributed by atoms with Crippen LogP contribution in [0.3, 0.4) is 0 Å². The van der Waals surface area contributed by atoms with Crippen LogP contribution in [0.2, 0.25) is 0 Å². The number of anilines is 1. The first-order chi connectivity index (χ1) is 13.7. The average molecular weight is 394 g/mol. The van der Waals surface area contributed by atoms with E-state index < -0.39 is 0 Å². The van der Waals surface area contributed by atoms with E-state index in [1.54, 1.807) is 15.6 Å². The van der Waals surface area contributed by atoms with Crippen molar-refractivity contribution in [1.29, 1.82) is 0 Å². The highest BCUT2D eigenvalue weighted by atomic mass is 32.1. The molecule has 142 valence electrons.